The van der Waals surface area contributed by atoms with E-state index in [1.807, 2.05) is 20.8 Å². The number of hydrogen-bond donors (Lipinski definition) is 1. The van der Waals surface area contributed by atoms with Crippen molar-refractivity contribution in [2.45, 2.75) is 62.8 Å². The van der Waals surface area contributed by atoms with Crippen molar-refractivity contribution in [3.63, 3.8) is 0 Å². The van der Waals surface area contributed by atoms with Crippen LogP contribution < -0.4 is 5.32 Å². The Labute approximate surface area is 139 Å². The Morgan fingerprint density at radius 1 is 1.35 bits per heavy atom. The lowest BCUT2D eigenvalue weighted by Crippen LogP contribution is -2.24. The van der Waals surface area contributed by atoms with E-state index in [-0.39, 0.29) is 27.2 Å². The van der Waals surface area contributed by atoms with E-state index >= 15 is 0 Å². The molecule has 1 amide bonds. The van der Waals surface area contributed by atoms with Crippen molar-refractivity contribution in [1.82, 2.24) is 0 Å². The van der Waals surface area contributed by atoms with Crippen LogP contribution in [-0.2, 0) is 11.0 Å². The number of nitrogens with one attached hydrogen (secondary N) is 1. The second-order valence-corrected chi connectivity index (χ2v) is 7.98. The summed E-state index contributed by atoms with van der Waals surface area (Å²) in [6, 6.07) is 4.05. The van der Waals surface area contributed by atoms with Gasteiger partial charge in [-0.3, -0.25) is 4.79 Å². The number of carbonyl (C=O) groups excluding carboxylic acids is 1. The minimum atomic E-state index is -4.43. The highest BCUT2D eigenvalue weighted by Gasteiger charge is 2.48. The molecule has 1 fully saturated rings. The SMILES string of the molecule is CCCC1(C(=O)Nc2ccc(SC(C)C)c(C(F)(F)F)c2)CC1. The second-order valence-electron chi connectivity index (χ2n) is 6.36. The summed E-state index contributed by atoms with van der Waals surface area (Å²) in [6.07, 6.45) is -1.11. The molecular formula is C17H22F3NOS. The zero-order chi connectivity index (χ0) is 17.3. The van der Waals surface area contributed by atoms with Gasteiger partial charge in [0, 0.05) is 21.2 Å². The Bertz CT molecular complexity index is 580. The first-order valence-corrected chi connectivity index (χ1v) is 8.75. The molecule has 0 unspecified atom stereocenters. The van der Waals surface area contributed by atoms with Gasteiger partial charge >= 0.3 is 6.18 Å². The van der Waals surface area contributed by atoms with Crippen LogP contribution in [0.4, 0.5) is 18.9 Å². The molecule has 6 heteroatoms. The molecule has 1 N–H and O–H groups in total. The number of alkyl halides is 3. The molecule has 1 aromatic carbocycles. The molecule has 0 atom stereocenters. The lowest BCUT2D eigenvalue weighted by molar-refractivity contribution is -0.139. The van der Waals surface area contributed by atoms with Gasteiger partial charge in [0.05, 0.1) is 5.56 Å². The van der Waals surface area contributed by atoms with Crippen LogP contribution in [0, 0.1) is 5.41 Å². The van der Waals surface area contributed by atoms with Crippen molar-refractivity contribution in [2.75, 3.05) is 5.32 Å². The second kappa shape index (κ2) is 6.75. The molecule has 1 saturated carbocycles. The standard InChI is InChI=1S/C17H22F3NOS/c1-4-7-16(8-9-16)15(22)21-12-5-6-14(23-11(2)3)13(10-12)17(18,19)20/h5-6,10-11H,4,7-9H2,1-3H3,(H,21,22). The Kier molecular flexibility index (Phi) is 5.33. The van der Waals surface area contributed by atoms with Crippen molar-refractivity contribution in [3.05, 3.63) is 23.8 Å². The normalized spacial score (nSPS) is 16.5. The number of benzene rings is 1. The number of amides is 1. The van der Waals surface area contributed by atoms with Crippen LogP contribution >= 0.6 is 11.8 Å². The van der Waals surface area contributed by atoms with Crippen LogP contribution in [0.25, 0.3) is 0 Å². The molecule has 0 saturated heterocycles. The van der Waals surface area contributed by atoms with Crippen LogP contribution in [0.15, 0.2) is 23.1 Å². The van der Waals surface area contributed by atoms with Crippen molar-refractivity contribution >= 4 is 23.4 Å². The summed E-state index contributed by atoms with van der Waals surface area (Å²) in [6.45, 7) is 5.71. The molecule has 0 aliphatic heterocycles. The fraction of sp³-hybridized carbons (Fsp3) is 0.588. The summed E-state index contributed by atoms with van der Waals surface area (Å²) < 4.78 is 39.8. The number of carbonyl (C=O) groups is 1. The Morgan fingerprint density at radius 2 is 2.00 bits per heavy atom. The molecule has 0 bridgehead atoms. The zero-order valence-electron chi connectivity index (χ0n) is 13.6. The van der Waals surface area contributed by atoms with E-state index in [1.54, 1.807) is 6.07 Å². The number of rotatable bonds is 6. The number of anilines is 1. The zero-order valence-corrected chi connectivity index (χ0v) is 14.4. The van der Waals surface area contributed by atoms with E-state index in [9.17, 15) is 18.0 Å². The third kappa shape index (κ3) is 4.43. The highest BCUT2D eigenvalue weighted by Crippen LogP contribution is 2.50. The molecule has 0 heterocycles. The molecule has 2 rings (SSSR count). The average Bonchev–Trinajstić information content (AvgIpc) is 3.20. The summed E-state index contributed by atoms with van der Waals surface area (Å²) in [5.41, 5.74) is -0.828. The minimum absolute atomic E-state index is 0.0517. The molecule has 0 radical (unpaired) electrons. The van der Waals surface area contributed by atoms with Crippen LogP contribution in [-0.4, -0.2) is 11.2 Å². The van der Waals surface area contributed by atoms with Crippen LogP contribution in [0.5, 0.6) is 0 Å². The van der Waals surface area contributed by atoms with E-state index in [4.69, 9.17) is 0 Å². The van der Waals surface area contributed by atoms with Gasteiger partial charge in [-0.1, -0.05) is 27.2 Å². The first-order chi connectivity index (χ1) is 10.7. The van der Waals surface area contributed by atoms with E-state index in [0.29, 0.717) is 0 Å². The first-order valence-electron chi connectivity index (χ1n) is 7.87. The van der Waals surface area contributed by atoms with Crippen LogP contribution in [0.2, 0.25) is 0 Å². The molecule has 1 aromatic rings. The van der Waals surface area contributed by atoms with Gasteiger partial charge in [-0.25, -0.2) is 0 Å². The number of hydrogen-bond acceptors (Lipinski definition) is 2. The third-order valence-electron chi connectivity index (χ3n) is 3.97. The maximum atomic E-state index is 13.3. The van der Waals surface area contributed by atoms with Crippen molar-refractivity contribution in [2.24, 2.45) is 5.41 Å². The van der Waals surface area contributed by atoms with Crippen LogP contribution in [0.3, 0.4) is 0 Å². The van der Waals surface area contributed by atoms with E-state index in [0.717, 1.165) is 31.7 Å². The topological polar surface area (TPSA) is 29.1 Å². The number of halogens is 3. The average molecular weight is 345 g/mol. The van der Waals surface area contributed by atoms with E-state index in [2.05, 4.69) is 5.32 Å². The third-order valence-corrected chi connectivity index (χ3v) is 5.05. The summed E-state index contributed by atoms with van der Waals surface area (Å²) in [4.78, 5) is 12.5. The smallest absolute Gasteiger partial charge is 0.326 e. The molecule has 2 nitrogen and oxygen atoms in total. The summed E-state index contributed by atoms with van der Waals surface area (Å²) >= 11 is 1.17. The first kappa shape index (κ1) is 18.2. The van der Waals surface area contributed by atoms with Gasteiger partial charge in [-0.2, -0.15) is 13.2 Å². The Morgan fingerprint density at radius 3 is 2.48 bits per heavy atom. The molecule has 128 valence electrons. The molecule has 0 aromatic heterocycles. The lowest BCUT2D eigenvalue weighted by Gasteiger charge is -2.18. The highest BCUT2D eigenvalue weighted by molar-refractivity contribution is 8.00. The fourth-order valence-corrected chi connectivity index (χ4v) is 3.63. The summed E-state index contributed by atoms with van der Waals surface area (Å²) in [7, 11) is 0. The van der Waals surface area contributed by atoms with Gasteiger partial charge in [0.2, 0.25) is 5.91 Å². The van der Waals surface area contributed by atoms with Crippen molar-refractivity contribution in [3.8, 4) is 0 Å². The van der Waals surface area contributed by atoms with Gasteiger partial charge in [0.15, 0.2) is 0 Å². The van der Waals surface area contributed by atoms with E-state index in [1.165, 1.54) is 17.8 Å². The van der Waals surface area contributed by atoms with Crippen LogP contribution in [0.1, 0.15) is 52.0 Å². The molecule has 23 heavy (non-hydrogen) atoms. The highest BCUT2D eigenvalue weighted by atomic mass is 32.2. The van der Waals surface area contributed by atoms with Gasteiger partial charge < -0.3 is 5.32 Å². The van der Waals surface area contributed by atoms with E-state index < -0.39 is 11.7 Å². The molecule has 1 aliphatic carbocycles. The Balaban J connectivity index is 2.22. The molecule has 0 spiro atoms. The minimum Gasteiger partial charge on any atom is -0.326 e. The maximum Gasteiger partial charge on any atom is 0.417 e. The summed E-state index contributed by atoms with van der Waals surface area (Å²) in [5, 5.41) is 2.73. The molecular weight excluding hydrogens is 323 g/mol. The van der Waals surface area contributed by atoms with Crippen molar-refractivity contribution < 1.29 is 18.0 Å². The molecule has 1 aliphatic rings. The quantitative estimate of drug-likeness (QED) is 0.668. The maximum absolute atomic E-state index is 13.3. The lowest BCUT2D eigenvalue weighted by atomic mass is 9.99. The summed E-state index contributed by atoms with van der Waals surface area (Å²) in [5.74, 6) is -0.156. The number of thioether (sulfide) groups is 1. The predicted octanol–water partition coefficient (Wildman–Crippen LogP) is 5.72. The van der Waals surface area contributed by atoms with Gasteiger partial charge in [-0.15, -0.1) is 11.8 Å². The monoisotopic (exact) mass is 345 g/mol. The van der Waals surface area contributed by atoms with Crippen molar-refractivity contribution in [1.29, 1.82) is 0 Å². The predicted molar refractivity (Wildman–Crippen MR) is 87.6 cm³/mol. The largest absolute Gasteiger partial charge is 0.417 e. The fourth-order valence-electron chi connectivity index (χ4n) is 2.67. The van der Waals surface area contributed by atoms with Gasteiger partial charge in [0.1, 0.15) is 0 Å². The van der Waals surface area contributed by atoms with Gasteiger partial charge in [-0.05, 0) is 37.5 Å². The Hall–Kier alpha value is -1.17. The van der Waals surface area contributed by atoms with Gasteiger partial charge in [0.25, 0.3) is 0 Å².